The summed E-state index contributed by atoms with van der Waals surface area (Å²) in [4.78, 5) is 10.3. The van der Waals surface area contributed by atoms with E-state index in [2.05, 4.69) is 17.3 Å². The molecule has 1 atom stereocenters. The molecule has 1 aromatic rings. The molecular weight excluding hydrogens is 208 g/mol. The lowest BCUT2D eigenvalue weighted by molar-refractivity contribution is -0.384. The molecule has 1 fully saturated rings. The number of aryl methyl sites for hydroxylation is 1. The van der Waals surface area contributed by atoms with Crippen LogP contribution in [0.1, 0.15) is 19.8 Å². The average molecular weight is 224 g/mol. The Morgan fingerprint density at radius 3 is 3.00 bits per heavy atom. The van der Waals surface area contributed by atoms with Crippen LogP contribution in [0.4, 0.5) is 11.5 Å². The first-order chi connectivity index (χ1) is 7.58. The van der Waals surface area contributed by atoms with Crippen molar-refractivity contribution in [1.82, 2.24) is 9.78 Å². The average Bonchev–Trinajstić information content (AvgIpc) is 2.99. The normalized spacial score (nSPS) is 17.1. The highest BCUT2D eigenvalue weighted by atomic mass is 16.6. The minimum Gasteiger partial charge on any atom is -0.363 e. The molecule has 1 aliphatic rings. The Hall–Kier alpha value is -1.59. The molecule has 0 radical (unpaired) electrons. The first-order valence-corrected chi connectivity index (χ1v) is 5.50. The van der Waals surface area contributed by atoms with Crippen molar-refractivity contribution in [3.05, 3.63) is 16.3 Å². The van der Waals surface area contributed by atoms with Crippen molar-refractivity contribution >= 4 is 11.5 Å². The Balaban J connectivity index is 1.99. The fourth-order valence-corrected chi connectivity index (χ4v) is 1.83. The Bertz CT molecular complexity index is 398. The van der Waals surface area contributed by atoms with Crippen LogP contribution in [-0.2, 0) is 7.05 Å². The van der Waals surface area contributed by atoms with Gasteiger partial charge in [-0.2, -0.15) is 0 Å². The number of anilines is 1. The number of aromatic nitrogens is 2. The highest BCUT2D eigenvalue weighted by Gasteiger charge is 2.28. The molecule has 2 rings (SSSR count). The summed E-state index contributed by atoms with van der Waals surface area (Å²) < 4.78 is 1.46. The number of hydrogen-bond acceptors (Lipinski definition) is 4. The maximum Gasteiger partial charge on any atom is 0.330 e. The van der Waals surface area contributed by atoms with Crippen molar-refractivity contribution in [1.29, 1.82) is 0 Å². The highest BCUT2D eigenvalue weighted by Crippen LogP contribution is 2.36. The predicted molar refractivity (Wildman–Crippen MR) is 60.2 cm³/mol. The fraction of sp³-hybridized carbons (Fsp3) is 0.700. The van der Waals surface area contributed by atoms with Crippen LogP contribution in [0.2, 0.25) is 0 Å². The molecule has 6 heteroatoms. The third-order valence-electron chi connectivity index (χ3n) is 3.02. The van der Waals surface area contributed by atoms with E-state index >= 15 is 0 Å². The lowest BCUT2D eigenvalue weighted by Crippen LogP contribution is -2.14. The minimum atomic E-state index is -0.406. The molecule has 0 saturated heterocycles. The van der Waals surface area contributed by atoms with Gasteiger partial charge in [-0.15, -0.1) is 5.10 Å². The zero-order valence-corrected chi connectivity index (χ0v) is 9.51. The van der Waals surface area contributed by atoms with Gasteiger partial charge in [-0.1, -0.05) is 6.92 Å². The first-order valence-electron chi connectivity index (χ1n) is 5.50. The second kappa shape index (κ2) is 4.11. The van der Waals surface area contributed by atoms with E-state index in [0.29, 0.717) is 11.7 Å². The summed E-state index contributed by atoms with van der Waals surface area (Å²) in [5, 5.41) is 17.8. The molecule has 0 spiro atoms. The quantitative estimate of drug-likeness (QED) is 0.611. The SMILES string of the molecule is CC(CNc1nn(C)cc1[N+](=O)[O-])C1CC1. The van der Waals surface area contributed by atoms with Gasteiger partial charge in [0, 0.05) is 13.6 Å². The van der Waals surface area contributed by atoms with E-state index < -0.39 is 4.92 Å². The Morgan fingerprint density at radius 1 is 1.75 bits per heavy atom. The largest absolute Gasteiger partial charge is 0.363 e. The van der Waals surface area contributed by atoms with E-state index in [-0.39, 0.29) is 5.69 Å². The van der Waals surface area contributed by atoms with Gasteiger partial charge in [-0.3, -0.25) is 14.8 Å². The Labute approximate surface area is 93.8 Å². The van der Waals surface area contributed by atoms with Gasteiger partial charge in [0.05, 0.1) is 4.92 Å². The second-order valence-corrected chi connectivity index (χ2v) is 4.49. The molecule has 6 nitrogen and oxygen atoms in total. The Morgan fingerprint density at radius 2 is 2.44 bits per heavy atom. The molecule has 1 N–H and O–H groups in total. The number of hydrogen-bond donors (Lipinski definition) is 1. The van der Waals surface area contributed by atoms with Gasteiger partial charge < -0.3 is 5.32 Å². The maximum absolute atomic E-state index is 10.7. The molecule has 0 aromatic carbocycles. The van der Waals surface area contributed by atoms with Crippen LogP contribution < -0.4 is 5.32 Å². The summed E-state index contributed by atoms with van der Waals surface area (Å²) in [5.74, 6) is 1.72. The minimum absolute atomic E-state index is 0.0468. The van der Waals surface area contributed by atoms with E-state index in [1.165, 1.54) is 23.7 Å². The van der Waals surface area contributed by atoms with Gasteiger partial charge >= 0.3 is 5.69 Å². The van der Waals surface area contributed by atoms with Gasteiger partial charge in [-0.25, -0.2) is 0 Å². The number of rotatable bonds is 5. The predicted octanol–water partition coefficient (Wildman–Crippen LogP) is 1.79. The van der Waals surface area contributed by atoms with Gasteiger partial charge in [0.15, 0.2) is 0 Å². The van der Waals surface area contributed by atoms with Crippen LogP contribution in [0.3, 0.4) is 0 Å². The summed E-state index contributed by atoms with van der Waals surface area (Å²) in [6.07, 6.45) is 3.99. The van der Waals surface area contributed by atoms with Crippen LogP contribution >= 0.6 is 0 Å². The highest BCUT2D eigenvalue weighted by molar-refractivity contribution is 5.54. The van der Waals surface area contributed by atoms with Crippen molar-refractivity contribution in [2.24, 2.45) is 18.9 Å². The van der Waals surface area contributed by atoms with Crippen molar-refractivity contribution in [2.75, 3.05) is 11.9 Å². The van der Waals surface area contributed by atoms with Crippen molar-refractivity contribution in [3.63, 3.8) is 0 Å². The third-order valence-corrected chi connectivity index (χ3v) is 3.02. The maximum atomic E-state index is 10.7. The van der Waals surface area contributed by atoms with E-state index in [1.807, 2.05) is 0 Å². The number of nitrogens with one attached hydrogen (secondary N) is 1. The molecular formula is C10H16N4O2. The lowest BCUT2D eigenvalue weighted by Gasteiger charge is -2.09. The van der Waals surface area contributed by atoms with E-state index in [4.69, 9.17) is 0 Å². The zero-order chi connectivity index (χ0) is 11.7. The molecule has 16 heavy (non-hydrogen) atoms. The van der Waals surface area contributed by atoms with E-state index in [0.717, 1.165) is 12.5 Å². The molecule has 88 valence electrons. The Kier molecular flexibility index (Phi) is 2.80. The van der Waals surface area contributed by atoms with Crippen molar-refractivity contribution in [3.8, 4) is 0 Å². The molecule has 0 aliphatic heterocycles. The molecule has 1 unspecified atom stereocenters. The van der Waals surface area contributed by atoms with Crippen LogP contribution in [0.15, 0.2) is 6.20 Å². The summed E-state index contributed by atoms with van der Waals surface area (Å²) in [5.41, 5.74) is 0.0468. The van der Waals surface area contributed by atoms with Crippen LogP contribution in [-0.4, -0.2) is 21.2 Å². The molecule has 1 saturated carbocycles. The number of nitrogens with zero attached hydrogens (tertiary/aromatic N) is 3. The van der Waals surface area contributed by atoms with Gasteiger partial charge in [0.25, 0.3) is 0 Å². The van der Waals surface area contributed by atoms with Crippen LogP contribution in [0.5, 0.6) is 0 Å². The van der Waals surface area contributed by atoms with Crippen LogP contribution in [0, 0.1) is 22.0 Å². The van der Waals surface area contributed by atoms with Gasteiger partial charge in [-0.05, 0) is 24.7 Å². The van der Waals surface area contributed by atoms with E-state index in [9.17, 15) is 10.1 Å². The zero-order valence-electron chi connectivity index (χ0n) is 9.51. The van der Waals surface area contributed by atoms with Gasteiger partial charge in [0.1, 0.15) is 6.20 Å². The van der Waals surface area contributed by atoms with E-state index in [1.54, 1.807) is 7.05 Å². The van der Waals surface area contributed by atoms with Crippen molar-refractivity contribution < 1.29 is 4.92 Å². The summed E-state index contributed by atoms with van der Waals surface area (Å²) in [7, 11) is 1.68. The molecule has 0 bridgehead atoms. The summed E-state index contributed by atoms with van der Waals surface area (Å²) in [6.45, 7) is 2.92. The van der Waals surface area contributed by atoms with Gasteiger partial charge in [0.2, 0.25) is 5.82 Å². The number of nitro groups is 1. The standard InChI is InChI=1S/C10H16N4O2/c1-7(8-3-4-8)5-11-10-9(14(15)16)6-13(2)12-10/h6-8H,3-5H2,1-2H3,(H,11,12). The topological polar surface area (TPSA) is 73.0 Å². The summed E-state index contributed by atoms with van der Waals surface area (Å²) in [6, 6.07) is 0. The third kappa shape index (κ3) is 2.32. The first kappa shape index (κ1) is 10.9. The smallest absolute Gasteiger partial charge is 0.330 e. The fourth-order valence-electron chi connectivity index (χ4n) is 1.83. The monoisotopic (exact) mass is 224 g/mol. The molecule has 0 amide bonds. The summed E-state index contributed by atoms with van der Waals surface area (Å²) >= 11 is 0. The van der Waals surface area contributed by atoms with Crippen molar-refractivity contribution in [2.45, 2.75) is 19.8 Å². The second-order valence-electron chi connectivity index (χ2n) is 4.49. The van der Waals surface area contributed by atoms with Crippen LogP contribution in [0.25, 0.3) is 0 Å². The molecule has 1 heterocycles. The lowest BCUT2D eigenvalue weighted by atomic mass is 10.1. The molecule has 1 aromatic heterocycles. The molecule has 1 aliphatic carbocycles.